The van der Waals surface area contributed by atoms with E-state index in [0.29, 0.717) is 0 Å². The normalized spacial score (nSPS) is 13.5. The maximum Gasteiger partial charge on any atom is 0.247 e. The largest absolute Gasteiger partial charge is 0.289 e. The molecule has 25 heavy (non-hydrogen) atoms. The third kappa shape index (κ3) is 5.25. The number of hydroxylamine groups is 1. The second kappa shape index (κ2) is 7.51. The summed E-state index contributed by atoms with van der Waals surface area (Å²) in [7, 11) is -7.21. The predicted octanol–water partition coefficient (Wildman–Crippen LogP) is 1.17. The quantitative estimate of drug-likeness (QED) is 0.546. The lowest BCUT2D eigenvalue weighted by molar-refractivity contribution is -0.132. The number of amides is 1. The standard InChI is InChI=1S/C16H19NO6S2/c1-24(20,21)9-8-14(16(18)17-19)11-25(22,23)15-7-6-12-4-2-3-5-13(12)10-15/h2-7,10,14,19H,8-9,11H2,1H3,(H,17,18). The highest BCUT2D eigenvalue weighted by atomic mass is 32.2. The second-order valence-electron chi connectivity index (χ2n) is 5.88. The number of rotatable bonds is 7. The minimum atomic E-state index is -3.84. The smallest absolute Gasteiger partial charge is 0.247 e. The van der Waals surface area contributed by atoms with Crippen molar-refractivity contribution in [2.24, 2.45) is 5.92 Å². The highest BCUT2D eigenvalue weighted by molar-refractivity contribution is 7.91. The van der Waals surface area contributed by atoms with Crippen LogP contribution in [0.4, 0.5) is 0 Å². The molecule has 0 aromatic heterocycles. The molecule has 0 aliphatic heterocycles. The third-order valence-electron chi connectivity index (χ3n) is 3.82. The zero-order valence-electron chi connectivity index (χ0n) is 13.5. The SMILES string of the molecule is CS(=O)(=O)CCC(CS(=O)(=O)c1ccc2ccccc2c1)C(=O)NO. The van der Waals surface area contributed by atoms with Gasteiger partial charge in [-0.3, -0.25) is 10.0 Å². The van der Waals surface area contributed by atoms with Gasteiger partial charge in [-0.25, -0.2) is 22.3 Å². The third-order valence-corrected chi connectivity index (χ3v) is 6.61. The van der Waals surface area contributed by atoms with E-state index in [9.17, 15) is 21.6 Å². The Morgan fingerprint density at radius 2 is 1.72 bits per heavy atom. The van der Waals surface area contributed by atoms with Crippen LogP contribution >= 0.6 is 0 Å². The van der Waals surface area contributed by atoms with Gasteiger partial charge in [-0.2, -0.15) is 0 Å². The number of fused-ring (bicyclic) bond motifs is 1. The first-order chi connectivity index (χ1) is 11.6. The highest BCUT2D eigenvalue weighted by Crippen LogP contribution is 2.22. The van der Waals surface area contributed by atoms with Crippen LogP contribution in [0.25, 0.3) is 10.8 Å². The number of benzene rings is 2. The van der Waals surface area contributed by atoms with Crippen molar-refractivity contribution in [1.82, 2.24) is 5.48 Å². The van der Waals surface area contributed by atoms with Gasteiger partial charge in [0.2, 0.25) is 5.91 Å². The van der Waals surface area contributed by atoms with E-state index in [1.54, 1.807) is 18.2 Å². The topological polar surface area (TPSA) is 118 Å². The number of carbonyl (C=O) groups is 1. The van der Waals surface area contributed by atoms with Gasteiger partial charge < -0.3 is 0 Å². The Bertz CT molecular complexity index is 983. The first-order valence-corrected chi connectivity index (χ1v) is 11.2. The van der Waals surface area contributed by atoms with Crippen LogP contribution in [0, 0.1) is 5.92 Å². The molecule has 2 aromatic rings. The average molecular weight is 385 g/mol. The molecular formula is C16H19NO6S2. The lowest BCUT2D eigenvalue weighted by Gasteiger charge is -2.15. The summed E-state index contributed by atoms with van der Waals surface area (Å²) in [6, 6.07) is 11.9. The fourth-order valence-corrected chi connectivity index (χ4v) is 4.79. The van der Waals surface area contributed by atoms with Crippen molar-refractivity contribution >= 4 is 36.4 Å². The maximum absolute atomic E-state index is 12.6. The fraction of sp³-hybridized carbons (Fsp3) is 0.312. The number of sulfone groups is 2. The molecule has 9 heteroatoms. The first kappa shape index (κ1) is 19.4. The lowest BCUT2D eigenvalue weighted by Crippen LogP contribution is -2.34. The summed E-state index contributed by atoms with van der Waals surface area (Å²) in [4.78, 5) is 11.8. The molecule has 136 valence electrons. The van der Waals surface area contributed by atoms with E-state index in [4.69, 9.17) is 5.21 Å². The van der Waals surface area contributed by atoms with E-state index in [1.165, 1.54) is 17.6 Å². The first-order valence-electron chi connectivity index (χ1n) is 7.45. The van der Waals surface area contributed by atoms with Crippen molar-refractivity contribution in [2.75, 3.05) is 17.8 Å². The molecule has 1 atom stereocenters. The van der Waals surface area contributed by atoms with Crippen molar-refractivity contribution in [1.29, 1.82) is 0 Å². The molecule has 0 aliphatic carbocycles. The zero-order valence-corrected chi connectivity index (χ0v) is 15.2. The molecule has 0 spiro atoms. The fourth-order valence-electron chi connectivity index (χ4n) is 2.46. The molecule has 1 unspecified atom stereocenters. The maximum atomic E-state index is 12.6. The molecule has 1 amide bonds. The van der Waals surface area contributed by atoms with Crippen molar-refractivity contribution in [3.63, 3.8) is 0 Å². The number of hydrogen-bond acceptors (Lipinski definition) is 6. The summed E-state index contributed by atoms with van der Waals surface area (Å²) >= 11 is 0. The number of carbonyl (C=O) groups excluding carboxylic acids is 1. The summed E-state index contributed by atoms with van der Waals surface area (Å²) in [6.07, 6.45) is 0.802. The minimum absolute atomic E-state index is 0.0429. The Kier molecular flexibility index (Phi) is 5.81. The van der Waals surface area contributed by atoms with Gasteiger partial charge in [-0.05, 0) is 29.3 Å². The summed E-state index contributed by atoms with van der Waals surface area (Å²) in [5, 5.41) is 10.4. The van der Waals surface area contributed by atoms with Gasteiger partial charge in [-0.1, -0.05) is 30.3 Å². The predicted molar refractivity (Wildman–Crippen MR) is 93.7 cm³/mol. The Morgan fingerprint density at radius 3 is 2.32 bits per heavy atom. The van der Waals surface area contributed by atoms with Gasteiger partial charge in [0.1, 0.15) is 9.84 Å². The number of hydrogen-bond donors (Lipinski definition) is 2. The van der Waals surface area contributed by atoms with Crippen molar-refractivity contribution in [3.05, 3.63) is 42.5 Å². The molecule has 2 N–H and O–H groups in total. The van der Waals surface area contributed by atoms with Crippen LogP contribution in [0.15, 0.2) is 47.4 Å². The van der Waals surface area contributed by atoms with Crippen LogP contribution < -0.4 is 5.48 Å². The Labute approximate surface area is 146 Å². The molecule has 0 heterocycles. The van der Waals surface area contributed by atoms with Crippen LogP contribution in [0.2, 0.25) is 0 Å². The van der Waals surface area contributed by atoms with Crippen LogP contribution in [0.5, 0.6) is 0 Å². The van der Waals surface area contributed by atoms with Crippen LogP contribution in [0.3, 0.4) is 0 Å². The number of nitrogens with one attached hydrogen (secondary N) is 1. The van der Waals surface area contributed by atoms with Gasteiger partial charge in [-0.15, -0.1) is 0 Å². The van der Waals surface area contributed by atoms with Crippen molar-refractivity contribution in [2.45, 2.75) is 11.3 Å². The van der Waals surface area contributed by atoms with Crippen LogP contribution in [-0.4, -0.2) is 45.7 Å². The highest BCUT2D eigenvalue weighted by Gasteiger charge is 2.27. The van der Waals surface area contributed by atoms with Gasteiger partial charge >= 0.3 is 0 Å². The summed E-state index contributed by atoms with van der Waals surface area (Å²) in [6.45, 7) is 0. The molecule has 0 radical (unpaired) electrons. The van der Waals surface area contributed by atoms with E-state index >= 15 is 0 Å². The monoisotopic (exact) mass is 385 g/mol. The molecule has 0 bridgehead atoms. The minimum Gasteiger partial charge on any atom is -0.289 e. The van der Waals surface area contributed by atoms with Crippen LogP contribution in [-0.2, 0) is 24.5 Å². The van der Waals surface area contributed by atoms with Crippen molar-refractivity contribution < 1.29 is 26.8 Å². The molecule has 0 saturated carbocycles. The molecule has 0 fully saturated rings. The Hall–Kier alpha value is -1.97. The van der Waals surface area contributed by atoms with Gasteiger partial charge in [0, 0.05) is 6.26 Å². The Morgan fingerprint density at radius 1 is 1.08 bits per heavy atom. The molecule has 2 rings (SSSR count). The molecule has 0 aliphatic rings. The molecule has 0 saturated heterocycles. The average Bonchev–Trinajstić information content (AvgIpc) is 2.56. The van der Waals surface area contributed by atoms with E-state index in [0.717, 1.165) is 17.0 Å². The Balaban J connectivity index is 2.29. The van der Waals surface area contributed by atoms with Gasteiger partial charge in [0.25, 0.3) is 0 Å². The second-order valence-corrected chi connectivity index (χ2v) is 10.2. The summed E-state index contributed by atoms with van der Waals surface area (Å²) in [5.41, 5.74) is 1.41. The van der Waals surface area contributed by atoms with E-state index in [1.807, 2.05) is 12.1 Å². The van der Waals surface area contributed by atoms with Gasteiger partial charge in [0.15, 0.2) is 9.84 Å². The summed E-state index contributed by atoms with van der Waals surface area (Å²) in [5.74, 6) is -3.03. The van der Waals surface area contributed by atoms with E-state index in [2.05, 4.69) is 0 Å². The van der Waals surface area contributed by atoms with Crippen LogP contribution in [0.1, 0.15) is 6.42 Å². The van der Waals surface area contributed by atoms with Gasteiger partial charge in [0.05, 0.1) is 22.3 Å². The molecule has 7 nitrogen and oxygen atoms in total. The summed E-state index contributed by atoms with van der Waals surface area (Å²) < 4.78 is 47.8. The zero-order chi connectivity index (χ0) is 18.7. The van der Waals surface area contributed by atoms with E-state index < -0.39 is 37.3 Å². The molecule has 2 aromatic carbocycles. The molecular weight excluding hydrogens is 366 g/mol. The van der Waals surface area contributed by atoms with E-state index in [-0.39, 0.29) is 17.1 Å². The van der Waals surface area contributed by atoms with Crippen molar-refractivity contribution in [3.8, 4) is 0 Å². The lowest BCUT2D eigenvalue weighted by atomic mass is 10.1.